The highest BCUT2D eigenvalue weighted by atomic mass is 35.5. The number of nitrogens with one attached hydrogen (secondary N) is 2. The number of aliphatic hydroxyl groups is 1. The molecule has 1 unspecified atom stereocenters. The number of halogens is 2. The molecular weight excluding hydrogens is 369 g/mol. The van der Waals surface area contributed by atoms with E-state index in [2.05, 4.69) is 10.6 Å². The molecule has 1 aliphatic rings. The predicted molar refractivity (Wildman–Crippen MR) is 108 cm³/mol. The zero-order valence-electron chi connectivity index (χ0n) is 16.4. The lowest BCUT2D eigenvalue weighted by Gasteiger charge is -2.28. The Morgan fingerprint density at radius 2 is 2.19 bits per heavy atom. The molecule has 27 heavy (non-hydrogen) atoms. The van der Waals surface area contributed by atoms with Gasteiger partial charge in [-0.3, -0.25) is 4.99 Å². The minimum absolute atomic E-state index is 0.0548. The van der Waals surface area contributed by atoms with Gasteiger partial charge in [-0.1, -0.05) is 31.5 Å². The molecule has 0 spiro atoms. The first kappa shape index (κ1) is 21.9. The number of hydrogen-bond acceptors (Lipinski definition) is 3. The molecule has 1 aromatic rings. The van der Waals surface area contributed by atoms with Crippen molar-refractivity contribution in [3.63, 3.8) is 0 Å². The van der Waals surface area contributed by atoms with Gasteiger partial charge in [0, 0.05) is 42.2 Å². The molecule has 1 aliphatic heterocycles. The minimum atomic E-state index is -0.342. The van der Waals surface area contributed by atoms with E-state index in [9.17, 15) is 9.50 Å². The van der Waals surface area contributed by atoms with Gasteiger partial charge in [0.2, 0.25) is 0 Å². The van der Waals surface area contributed by atoms with E-state index in [4.69, 9.17) is 21.3 Å². The molecule has 1 fully saturated rings. The summed E-state index contributed by atoms with van der Waals surface area (Å²) in [7, 11) is 0. The molecule has 5 nitrogen and oxygen atoms in total. The summed E-state index contributed by atoms with van der Waals surface area (Å²) in [4.78, 5) is 4.72. The monoisotopic (exact) mass is 399 g/mol. The van der Waals surface area contributed by atoms with Gasteiger partial charge in [-0.25, -0.2) is 4.39 Å². The number of guanidine groups is 1. The fraction of sp³-hybridized carbons (Fsp3) is 0.650. The lowest BCUT2D eigenvalue weighted by molar-refractivity contribution is 0.127. The van der Waals surface area contributed by atoms with Gasteiger partial charge in [0.05, 0.1) is 13.2 Å². The number of rotatable bonds is 8. The number of ether oxygens (including phenoxy) is 1. The first-order valence-corrected chi connectivity index (χ1v) is 9.86. The third kappa shape index (κ3) is 6.06. The largest absolute Gasteiger partial charge is 0.396 e. The second kappa shape index (κ2) is 9.71. The quantitative estimate of drug-likeness (QED) is 0.464. The molecule has 1 saturated heterocycles. The lowest BCUT2D eigenvalue weighted by Crippen LogP contribution is -2.45. The van der Waals surface area contributed by atoms with Crippen molar-refractivity contribution < 1.29 is 14.2 Å². The van der Waals surface area contributed by atoms with Crippen molar-refractivity contribution in [2.24, 2.45) is 10.4 Å². The van der Waals surface area contributed by atoms with Crippen molar-refractivity contribution >= 4 is 17.6 Å². The molecule has 3 N–H and O–H groups in total. The van der Waals surface area contributed by atoms with Crippen LogP contribution in [0.25, 0.3) is 0 Å². The standard InChI is InChI=1S/C20H31ClFN3O2/c1-4-23-18(25-13-20(7-9-26)8-10-27-14-20)24-12-19(2,3)16-6-5-15(22)11-17(16)21/h5-6,11,26H,4,7-10,12-14H2,1-3H3,(H2,23,24,25). The van der Waals surface area contributed by atoms with Crippen LogP contribution in [0.4, 0.5) is 4.39 Å². The van der Waals surface area contributed by atoms with E-state index in [1.807, 2.05) is 20.8 Å². The molecule has 0 saturated carbocycles. The van der Waals surface area contributed by atoms with Gasteiger partial charge in [0.1, 0.15) is 5.82 Å². The molecule has 0 bridgehead atoms. The number of aliphatic hydroxyl groups excluding tert-OH is 1. The van der Waals surface area contributed by atoms with Crippen molar-refractivity contribution in [3.05, 3.63) is 34.6 Å². The van der Waals surface area contributed by atoms with Gasteiger partial charge in [-0.05, 0) is 37.5 Å². The molecule has 2 rings (SSSR count). The summed E-state index contributed by atoms with van der Waals surface area (Å²) in [5, 5.41) is 16.4. The number of nitrogens with zero attached hydrogens (tertiary/aromatic N) is 1. The molecule has 1 aromatic carbocycles. The van der Waals surface area contributed by atoms with Crippen molar-refractivity contribution in [2.45, 2.75) is 39.0 Å². The Balaban J connectivity index is 2.07. The van der Waals surface area contributed by atoms with Gasteiger partial charge in [-0.2, -0.15) is 0 Å². The molecular formula is C20H31ClFN3O2. The maximum absolute atomic E-state index is 13.3. The second-order valence-corrected chi connectivity index (χ2v) is 8.24. The SMILES string of the molecule is CCNC(=NCC(C)(C)c1ccc(F)cc1Cl)NCC1(CCO)CCOC1. The van der Waals surface area contributed by atoms with Crippen LogP contribution in [0.1, 0.15) is 39.2 Å². The van der Waals surface area contributed by atoms with Crippen LogP contribution < -0.4 is 10.6 Å². The average Bonchev–Trinajstić information content (AvgIpc) is 3.06. The Morgan fingerprint density at radius 1 is 1.41 bits per heavy atom. The van der Waals surface area contributed by atoms with Crippen LogP contribution >= 0.6 is 11.6 Å². The molecule has 152 valence electrons. The minimum Gasteiger partial charge on any atom is -0.396 e. The molecule has 0 aromatic heterocycles. The first-order valence-electron chi connectivity index (χ1n) is 9.48. The Labute approximate surface area is 166 Å². The Bertz CT molecular complexity index is 646. The van der Waals surface area contributed by atoms with Gasteiger partial charge in [0.15, 0.2) is 5.96 Å². The molecule has 1 heterocycles. The third-order valence-corrected chi connectivity index (χ3v) is 5.41. The van der Waals surface area contributed by atoms with Crippen LogP contribution in [0.15, 0.2) is 23.2 Å². The van der Waals surface area contributed by atoms with Crippen LogP contribution in [0, 0.1) is 11.2 Å². The summed E-state index contributed by atoms with van der Waals surface area (Å²) in [6.07, 6.45) is 1.63. The van der Waals surface area contributed by atoms with E-state index >= 15 is 0 Å². The molecule has 7 heteroatoms. The topological polar surface area (TPSA) is 65.9 Å². The maximum atomic E-state index is 13.3. The van der Waals surface area contributed by atoms with Crippen LogP contribution in [-0.4, -0.2) is 50.5 Å². The molecule has 0 amide bonds. The summed E-state index contributed by atoms with van der Waals surface area (Å²) < 4.78 is 18.9. The van der Waals surface area contributed by atoms with E-state index in [0.29, 0.717) is 37.1 Å². The van der Waals surface area contributed by atoms with E-state index in [0.717, 1.165) is 25.1 Å². The zero-order chi connectivity index (χ0) is 19.9. The molecule has 0 radical (unpaired) electrons. The van der Waals surface area contributed by atoms with Crippen molar-refractivity contribution in [3.8, 4) is 0 Å². The fourth-order valence-corrected chi connectivity index (χ4v) is 3.75. The Kier molecular flexibility index (Phi) is 7.89. The third-order valence-electron chi connectivity index (χ3n) is 5.09. The van der Waals surface area contributed by atoms with E-state index in [-0.39, 0.29) is 23.3 Å². The van der Waals surface area contributed by atoms with Crippen molar-refractivity contribution in [2.75, 3.05) is 39.5 Å². The lowest BCUT2D eigenvalue weighted by atomic mass is 9.84. The van der Waals surface area contributed by atoms with Crippen LogP contribution in [-0.2, 0) is 10.2 Å². The molecule has 0 aliphatic carbocycles. The van der Waals surface area contributed by atoms with E-state index in [1.54, 1.807) is 6.07 Å². The zero-order valence-corrected chi connectivity index (χ0v) is 17.2. The van der Waals surface area contributed by atoms with Crippen LogP contribution in [0.2, 0.25) is 5.02 Å². The maximum Gasteiger partial charge on any atom is 0.191 e. The second-order valence-electron chi connectivity index (χ2n) is 7.83. The van der Waals surface area contributed by atoms with Gasteiger partial charge < -0.3 is 20.5 Å². The highest BCUT2D eigenvalue weighted by Gasteiger charge is 2.34. The van der Waals surface area contributed by atoms with Gasteiger partial charge in [-0.15, -0.1) is 0 Å². The highest BCUT2D eigenvalue weighted by Crippen LogP contribution is 2.32. The summed E-state index contributed by atoms with van der Waals surface area (Å²) >= 11 is 6.23. The van der Waals surface area contributed by atoms with Crippen LogP contribution in [0.5, 0.6) is 0 Å². The highest BCUT2D eigenvalue weighted by molar-refractivity contribution is 6.31. The Hall–Kier alpha value is -1.37. The summed E-state index contributed by atoms with van der Waals surface area (Å²) in [5.41, 5.74) is 0.471. The number of benzene rings is 1. The van der Waals surface area contributed by atoms with Crippen molar-refractivity contribution in [1.29, 1.82) is 0 Å². The number of aliphatic imine (C=N–C) groups is 1. The molecule has 1 atom stereocenters. The van der Waals surface area contributed by atoms with Crippen LogP contribution in [0.3, 0.4) is 0 Å². The number of hydrogen-bond donors (Lipinski definition) is 3. The summed E-state index contributed by atoms with van der Waals surface area (Å²) in [6.45, 7) is 9.55. The fourth-order valence-electron chi connectivity index (χ4n) is 3.32. The predicted octanol–water partition coefficient (Wildman–Crippen LogP) is 3.10. The Morgan fingerprint density at radius 3 is 2.78 bits per heavy atom. The smallest absolute Gasteiger partial charge is 0.191 e. The van der Waals surface area contributed by atoms with E-state index < -0.39 is 0 Å². The van der Waals surface area contributed by atoms with Crippen molar-refractivity contribution in [1.82, 2.24) is 10.6 Å². The van der Waals surface area contributed by atoms with Gasteiger partial charge >= 0.3 is 0 Å². The summed E-state index contributed by atoms with van der Waals surface area (Å²) in [5.74, 6) is 0.374. The normalized spacial score (nSPS) is 20.7. The summed E-state index contributed by atoms with van der Waals surface area (Å²) in [6, 6.07) is 4.49. The van der Waals surface area contributed by atoms with Gasteiger partial charge in [0.25, 0.3) is 0 Å². The average molecular weight is 400 g/mol. The van der Waals surface area contributed by atoms with E-state index in [1.165, 1.54) is 12.1 Å². The first-order chi connectivity index (χ1) is 12.8.